The van der Waals surface area contributed by atoms with Crippen molar-refractivity contribution in [3.8, 4) is 0 Å². The average Bonchev–Trinajstić information content (AvgIpc) is 2.42. The lowest BCUT2D eigenvalue weighted by Crippen LogP contribution is -2.32. The summed E-state index contributed by atoms with van der Waals surface area (Å²) in [6.07, 6.45) is 1.71. The van der Waals surface area contributed by atoms with E-state index in [9.17, 15) is 15.2 Å². The van der Waals surface area contributed by atoms with E-state index in [4.69, 9.17) is 0 Å². The predicted molar refractivity (Wildman–Crippen MR) is 79.4 cm³/mol. The fourth-order valence-corrected chi connectivity index (χ4v) is 2.22. The first-order valence-corrected chi connectivity index (χ1v) is 7.06. The molecule has 1 aromatic carbocycles. The SMILES string of the molecule is CCC(CC)(CO)CNc1ccc(Br)c([N+](=O)[O-])c1. The van der Waals surface area contributed by atoms with Crippen LogP contribution in [0.2, 0.25) is 0 Å². The third kappa shape index (κ3) is 3.91. The number of nitro groups is 1. The monoisotopic (exact) mass is 330 g/mol. The van der Waals surface area contributed by atoms with Gasteiger partial charge in [-0.1, -0.05) is 13.8 Å². The van der Waals surface area contributed by atoms with Gasteiger partial charge >= 0.3 is 0 Å². The molecular formula is C13H19BrN2O3. The second kappa shape index (κ2) is 6.86. The number of benzene rings is 1. The molecule has 0 aliphatic carbocycles. The van der Waals surface area contributed by atoms with Crippen LogP contribution in [0.3, 0.4) is 0 Å². The van der Waals surface area contributed by atoms with Crippen LogP contribution in [0.25, 0.3) is 0 Å². The van der Waals surface area contributed by atoms with E-state index in [0.717, 1.165) is 12.8 Å². The third-order valence-electron chi connectivity index (χ3n) is 3.65. The minimum atomic E-state index is -0.422. The maximum atomic E-state index is 10.9. The lowest BCUT2D eigenvalue weighted by Gasteiger charge is -2.30. The summed E-state index contributed by atoms with van der Waals surface area (Å²) in [5.74, 6) is 0. The number of halogens is 1. The Morgan fingerprint density at radius 3 is 2.53 bits per heavy atom. The number of nitrogens with one attached hydrogen (secondary N) is 1. The molecule has 0 saturated carbocycles. The molecular weight excluding hydrogens is 312 g/mol. The number of rotatable bonds is 7. The average molecular weight is 331 g/mol. The van der Waals surface area contributed by atoms with Gasteiger partial charge in [-0.25, -0.2) is 0 Å². The van der Waals surface area contributed by atoms with Crippen molar-refractivity contribution in [3.05, 3.63) is 32.8 Å². The van der Waals surface area contributed by atoms with Crippen molar-refractivity contribution < 1.29 is 10.0 Å². The van der Waals surface area contributed by atoms with Gasteiger partial charge in [0.15, 0.2) is 0 Å². The molecule has 1 rings (SSSR count). The smallest absolute Gasteiger partial charge is 0.285 e. The van der Waals surface area contributed by atoms with Crippen molar-refractivity contribution in [1.29, 1.82) is 0 Å². The van der Waals surface area contributed by atoms with Crippen LogP contribution in [0, 0.1) is 15.5 Å². The Morgan fingerprint density at radius 2 is 2.05 bits per heavy atom. The first-order valence-electron chi connectivity index (χ1n) is 6.26. The van der Waals surface area contributed by atoms with Gasteiger partial charge in [0.05, 0.1) is 16.0 Å². The Balaban J connectivity index is 2.83. The van der Waals surface area contributed by atoms with Crippen LogP contribution < -0.4 is 5.32 Å². The molecule has 0 spiro atoms. The Labute approximate surface area is 121 Å². The Hall–Kier alpha value is -1.14. The van der Waals surface area contributed by atoms with Crippen LogP contribution in [-0.4, -0.2) is 23.2 Å². The van der Waals surface area contributed by atoms with E-state index in [1.54, 1.807) is 12.1 Å². The largest absolute Gasteiger partial charge is 0.396 e. The zero-order chi connectivity index (χ0) is 14.5. The highest BCUT2D eigenvalue weighted by Gasteiger charge is 2.25. The summed E-state index contributed by atoms with van der Waals surface area (Å²) in [6.45, 7) is 4.76. The van der Waals surface area contributed by atoms with Crippen LogP contribution in [0.5, 0.6) is 0 Å². The number of hydrogen-bond donors (Lipinski definition) is 2. The molecule has 0 fully saturated rings. The molecule has 0 bridgehead atoms. The summed E-state index contributed by atoms with van der Waals surface area (Å²) >= 11 is 3.15. The van der Waals surface area contributed by atoms with Gasteiger partial charge in [-0.2, -0.15) is 0 Å². The maximum Gasteiger partial charge on any atom is 0.285 e. The number of aliphatic hydroxyl groups excluding tert-OH is 1. The van der Waals surface area contributed by atoms with Gasteiger partial charge in [-0.15, -0.1) is 0 Å². The number of nitro benzene ring substituents is 1. The summed E-state index contributed by atoms with van der Waals surface area (Å²) in [4.78, 5) is 10.4. The molecule has 0 heterocycles. The number of aliphatic hydroxyl groups is 1. The fourth-order valence-electron chi connectivity index (χ4n) is 1.83. The van der Waals surface area contributed by atoms with Crippen LogP contribution >= 0.6 is 15.9 Å². The minimum absolute atomic E-state index is 0.0348. The molecule has 0 radical (unpaired) electrons. The zero-order valence-corrected chi connectivity index (χ0v) is 12.7. The quantitative estimate of drug-likeness (QED) is 0.592. The molecule has 0 aliphatic rings. The van der Waals surface area contributed by atoms with E-state index in [-0.39, 0.29) is 17.7 Å². The summed E-state index contributed by atoms with van der Waals surface area (Å²) in [5.41, 5.74) is 0.546. The number of hydrogen-bond acceptors (Lipinski definition) is 4. The molecule has 6 heteroatoms. The molecule has 106 valence electrons. The molecule has 2 N–H and O–H groups in total. The molecule has 0 aromatic heterocycles. The first-order chi connectivity index (χ1) is 8.98. The van der Waals surface area contributed by atoms with E-state index in [2.05, 4.69) is 21.2 Å². The molecule has 0 unspecified atom stereocenters. The van der Waals surface area contributed by atoms with Gasteiger partial charge in [0, 0.05) is 23.7 Å². The minimum Gasteiger partial charge on any atom is -0.396 e. The second-order valence-corrected chi connectivity index (χ2v) is 5.50. The van der Waals surface area contributed by atoms with E-state index >= 15 is 0 Å². The van der Waals surface area contributed by atoms with Crippen molar-refractivity contribution >= 4 is 27.3 Å². The van der Waals surface area contributed by atoms with Crippen molar-refractivity contribution in [2.75, 3.05) is 18.5 Å². The molecule has 0 saturated heterocycles. The molecule has 19 heavy (non-hydrogen) atoms. The van der Waals surface area contributed by atoms with E-state index in [1.807, 2.05) is 13.8 Å². The van der Waals surface area contributed by atoms with Gasteiger partial charge in [0.25, 0.3) is 5.69 Å². The lowest BCUT2D eigenvalue weighted by atomic mass is 9.83. The van der Waals surface area contributed by atoms with E-state index < -0.39 is 4.92 Å². The fraction of sp³-hybridized carbons (Fsp3) is 0.538. The van der Waals surface area contributed by atoms with Gasteiger partial charge in [0.1, 0.15) is 0 Å². The second-order valence-electron chi connectivity index (χ2n) is 4.64. The Kier molecular flexibility index (Phi) is 5.75. The van der Waals surface area contributed by atoms with Gasteiger partial charge in [-0.3, -0.25) is 10.1 Å². The topological polar surface area (TPSA) is 75.4 Å². The summed E-state index contributed by atoms with van der Waals surface area (Å²) in [6, 6.07) is 4.93. The number of nitrogens with zero attached hydrogens (tertiary/aromatic N) is 1. The molecule has 5 nitrogen and oxygen atoms in total. The van der Waals surface area contributed by atoms with Gasteiger partial charge < -0.3 is 10.4 Å². The van der Waals surface area contributed by atoms with Crippen molar-refractivity contribution in [3.63, 3.8) is 0 Å². The van der Waals surface area contributed by atoms with Crippen LogP contribution in [0.1, 0.15) is 26.7 Å². The van der Waals surface area contributed by atoms with E-state index in [0.29, 0.717) is 16.7 Å². The highest BCUT2D eigenvalue weighted by molar-refractivity contribution is 9.10. The van der Waals surface area contributed by atoms with Crippen molar-refractivity contribution in [1.82, 2.24) is 0 Å². The normalized spacial score (nSPS) is 11.4. The standard InChI is InChI=1S/C13H19BrN2O3/c1-3-13(4-2,9-17)8-15-10-5-6-11(14)12(7-10)16(18)19/h5-7,15,17H,3-4,8-9H2,1-2H3. The van der Waals surface area contributed by atoms with Crippen LogP contribution in [0.4, 0.5) is 11.4 Å². The van der Waals surface area contributed by atoms with Crippen molar-refractivity contribution in [2.45, 2.75) is 26.7 Å². The summed E-state index contributed by atoms with van der Waals surface area (Å²) < 4.78 is 0.461. The Morgan fingerprint density at radius 1 is 1.42 bits per heavy atom. The van der Waals surface area contributed by atoms with Crippen LogP contribution in [-0.2, 0) is 0 Å². The van der Waals surface area contributed by atoms with Crippen molar-refractivity contribution in [2.24, 2.45) is 5.41 Å². The van der Waals surface area contributed by atoms with Gasteiger partial charge in [0.2, 0.25) is 0 Å². The molecule has 0 atom stereocenters. The number of anilines is 1. The van der Waals surface area contributed by atoms with E-state index in [1.165, 1.54) is 6.07 Å². The highest BCUT2D eigenvalue weighted by Crippen LogP contribution is 2.30. The third-order valence-corrected chi connectivity index (χ3v) is 4.32. The molecule has 1 aromatic rings. The van der Waals surface area contributed by atoms with Gasteiger partial charge in [-0.05, 0) is 40.9 Å². The maximum absolute atomic E-state index is 10.9. The summed E-state index contributed by atoms with van der Waals surface area (Å²) in [7, 11) is 0. The van der Waals surface area contributed by atoms with Crippen LogP contribution in [0.15, 0.2) is 22.7 Å². The predicted octanol–water partition coefficient (Wildman–Crippen LogP) is 3.57. The molecule has 0 aliphatic heterocycles. The Bertz CT molecular complexity index is 439. The highest BCUT2D eigenvalue weighted by atomic mass is 79.9. The summed E-state index contributed by atoms with van der Waals surface area (Å²) in [5, 5.41) is 23.5. The molecule has 0 amide bonds. The zero-order valence-electron chi connectivity index (χ0n) is 11.1. The lowest BCUT2D eigenvalue weighted by molar-refractivity contribution is -0.385. The first kappa shape index (κ1) is 15.9.